The van der Waals surface area contributed by atoms with E-state index in [9.17, 15) is 0 Å². The van der Waals surface area contributed by atoms with E-state index >= 15 is 0 Å². The first-order valence-electron chi connectivity index (χ1n) is 7.19. The van der Waals surface area contributed by atoms with E-state index in [1.807, 2.05) is 25.1 Å². The molecule has 0 bridgehead atoms. The Labute approximate surface area is 112 Å². The number of hydrogen-bond acceptors (Lipinski definition) is 1. The molecular weight excluding hydrogens is 220 g/mol. The molecule has 0 fully saturated rings. The molecule has 1 heteroatoms. The van der Waals surface area contributed by atoms with Gasteiger partial charge in [-0.05, 0) is 25.0 Å². The van der Waals surface area contributed by atoms with Crippen molar-refractivity contribution in [1.82, 2.24) is 0 Å². The summed E-state index contributed by atoms with van der Waals surface area (Å²) in [4.78, 5) is 0. The van der Waals surface area contributed by atoms with Crippen molar-refractivity contribution in [2.24, 2.45) is 0 Å². The standard InChI is InChI=1S/C17H26O/c1-3-4-5-6-7-11-14-18-16(2)15-17-12-9-8-10-13-17/h8-10,12-13,15H,3-7,11,14H2,1-2H3/b16-15+. The molecule has 0 aliphatic carbocycles. The van der Waals surface area contributed by atoms with Gasteiger partial charge in [-0.25, -0.2) is 0 Å². The van der Waals surface area contributed by atoms with Crippen LogP contribution in [0.5, 0.6) is 0 Å². The number of benzene rings is 1. The van der Waals surface area contributed by atoms with Gasteiger partial charge in [-0.3, -0.25) is 0 Å². The maximum atomic E-state index is 5.71. The monoisotopic (exact) mass is 246 g/mol. The van der Waals surface area contributed by atoms with Crippen molar-refractivity contribution in [2.45, 2.75) is 52.4 Å². The number of allylic oxidation sites excluding steroid dienone is 1. The summed E-state index contributed by atoms with van der Waals surface area (Å²) in [6, 6.07) is 10.3. The number of rotatable bonds is 9. The molecule has 0 unspecified atom stereocenters. The molecule has 1 nitrogen and oxygen atoms in total. The van der Waals surface area contributed by atoms with Crippen LogP contribution in [0.3, 0.4) is 0 Å². The topological polar surface area (TPSA) is 9.23 Å². The minimum Gasteiger partial charge on any atom is -0.498 e. The molecule has 0 aliphatic heterocycles. The van der Waals surface area contributed by atoms with Gasteiger partial charge in [-0.2, -0.15) is 0 Å². The van der Waals surface area contributed by atoms with E-state index in [-0.39, 0.29) is 0 Å². The predicted octanol–water partition coefficient (Wildman–Crippen LogP) is 5.42. The molecule has 0 N–H and O–H groups in total. The van der Waals surface area contributed by atoms with Crippen LogP contribution in [0.4, 0.5) is 0 Å². The van der Waals surface area contributed by atoms with Crippen LogP contribution in [0, 0.1) is 0 Å². The fourth-order valence-electron chi connectivity index (χ4n) is 1.94. The Morgan fingerprint density at radius 2 is 1.67 bits per heavy atom. The van der Waals surface area contributed by atoms with Crippen LogP contribution in [0.1, 0.15) is 57.9 Å². The summed E-state index contributed by atoms with van der Waals surface area (Å²) >= 11 is 0. The highest BCUT2D eigenvalue weighted by molar-refractivity contribution is 5.50. The molecule has 100 valence electrons. The zero-order valence-electron chi connectivity index (χ0n) is 11.8. The molecule has 0 radical (unpaired) electrons. The van der Waals surface area contributed by atoms with E-state index in [1.54, 1.807) is 0 Å². The van der Waals surface area contributed by atoms with Gasteiger partial charge in [0.1, 0.15) is 0 Å². The molecule has 1 aromatic carbocycles. The largest absolute Gasteiger partial charge is 0.498 e. The highest BCUT2D eigenvalue weighted by Gasteiger charge is 1.93. The number of hydrogen-bond donors (Lipinski definition) is 0. The van der Waals surface area contributed by atoms with Crippen molar-refractivity contribution >= 4 is 6.08 Å². The van der Waals surface area contributed by atoms with Gasteiger partial charge in [-0.15, -0.1) is 0 Å². The third-order valence-electron chi connectivity index (χ3n) is 3.00. The van der Waals surface area contributed by atoms with Crippen molar-refractivity contribution in [3.8, 4) is 0 Å². The van der Waals surface area contributed by atoms with Gasteiger partial charge in [0, 0.05) is 0 Å². The highest BCUT2D eigenvalue weighted by Crippen LogP contribution is 2.09. The van der Waals surface area contributed by atoms with Crippen molar-refractivity contribution in [2.75, 3.05) is 6.61 Å². The van der Waals surface area contributed by atoms with Crippen LogP contribution < -0.4 is 0 Å². The van der Waals surface area contributed by atoms with E-state index in [2.05, 4.69) is 25.1 Å². The molecule has 0 aromatic heterocycles. The van der Waals surface area contributed by atoms with E-state index < -0.39 is 0 Å². The minimum absolute atomic E-state index is 0.849. The first-order chi connectivity index (χ1) is 8.83. The summed E-state index contributed by atoms with van der Waals surface area (Å²) in [7, 11) is 0. The van der Waals surface area contributed by atoms with E-state index in [0.717, 1.165) is 12.4 Å². The van der Waals surface area contributed by atoms with E-state index in [0.29, 0.717) is 0 Å². The second-order valence-corrected chi connectivity index (χ2v) is 4.78. The predicted molar refractivity (Wildman–Crippen MR) is 79.4 cm³/mol. The Balaban J connectivity index is 2.10. The van der Waals surface area contributed by atoms with Crippen LogP contribution in [0.15, 0.2) is 36.1 Å². The third-order valence-corrected chi connectivity index (χ3v) is 3.00. The van der Waals surface area contributed by atoms with Crippen molar-refractivity contribution in [3.63, 3.8) is 0 Å². The Morgan fingerprint density at radius 1 is 1.00 bits per heavy atom. The lowest BCUT2D eigenvalue weighted by atomic mass is 10.1. The first-order valence-corrected chi connectivity index (χ1v) is 7.19. The van der Waals surface area contributed by atoms with Crippen molar-refractivity contribution < 1.29 is 4.74 Å². The Kier molecular flexibility index (Phi) is 8.03. The molecule has 0 atom stereocenters. The Hall–Kier alpha value is -1.24. The SMILES string of the molecule is CCCCCCCCO/C(C)=C/c1ccccc1. The van der Waals surface area contributed by atoms with E-state index in [1.165, 1.54) is 44.1 Å². The molecule has 1 rings (SSSR count). The minimum atomic E-state index is 0.849. The van der Waals surface area contributed by atoms with Gasteiger partial charge in [-0.1, -0.05) is 69.4 Å². The molecule has 0 heterocycles. The first kappa shape index (κ1) is 14.8. The van der Waals surface area contributed by atoms with Gasteiger partial charge in [0.15, 0.2) is 0 Å². The molecule has 0 saturated heterocycles. The smallest absolute Gasteiger partial charge is 0.0934 e. The number of ether oxygens (including phenoxy) is 1. The summed E-state index contributed by atoms with van der Waals surface area (Å²) in [6.07, 6.45) is 9.95. The van der Waals surface area contributed by atoms with Crippen molar-refractivity contribution in [1.29, 1.82) is 0 Å². The lowest BCUT2D eigenvalue weighted by Gasteiger charge is -2.06. The Morgan fingerprint density at radius 3 is 2.39 bits per heavy atom. The maximum Gasteiger partial charge on any atom is 0.0934 e. The molecule has 0 spiro atoms. The van der Waals surface area contributed by atoms with Gasteiger partial charge in [0.05, 0.1) is 12.4 Å². The third kappa shape index (κ3) is 7.16. The summed E-state index contributed by atoms with van der Waals surface area (Å²) in [6.45, 7) is 5.13. The van der Waals surface area contributed by atoms with Crippen LogP contribution in [0.2, 0.25) is 0 Å². The molecule has 1 aromatic rings. The van der Waals surface area contributed by atoms with Crippen molar-refractivity contribution in [3.05, 3.63) is 41.7 Å². The summed E-state index contributed by atoms with van der Waals surface area (Å²) in [5.74, 6) is 1.01. The van der Waals surface area contributed by atoms with Gasteiger partial charge < -0.3 is 4.74 Å². The van der Waals surface area contributed by atoms with Crippen LogP contribution >= 0.6 is 0 Å². The van der Waals surface area contributed by atoms with E-state index in [4.69, 9.17) is 4.74 Å². The average molecular weight is 246 g/mol. The normalized spacial score (nSPS) is 11.6. The maximum absolute atomic E-state index is 5.71. The lowest BCUT2D eigenvalue weighted by Crippen LogP contribution is -1.92. The summed E-state index contributed by atoms with van der Waals surface area (Å²) < 4.78 is 5.71. The number of unbranched alkanes of at least 4 members (excludes halogenated alkanes) is 5. The van der Waals surface area contributed by atoms with Crippen LogP contribution in [0.25, 0.3) is 6.08 Å². The fourth-order valence-corrected chi connectivity index (χ4v) is 1.94. The molecule has 0 amide bonds. The molecule has 0 aliphatic rings. The zero-order valence-corrected chi connectivity index (χ0v) is 11.8. The molecule has 0 saturated carbocycles. The lowest BCUT2D eigenvalue weighted by molar-refractivity contribution is 0.210. The van der Waals surface area contributed by atoms with Crippen LogP contribution in [-0.2, 0) is 4.74 Å². The zero-order chi connectivity index (χ0) is 13.1. The van der Waals surface area contributed by atoms with Gasteiger partial charge in [0.2, 0.25) is 0 Å². The molecule has 18 heavy (non-hydrogen) atoms. The highest BCUT2D eigenvalue weighted by atomic mass is 16.5. The van der Waals surface area contributed by atoms with Gasteiger partial charge >= 0.3 is 0 Å². The quantitative estimate of drug-likeness (QED) is 0.417. The summed E-state index contributed by atoms with van der Waals surface area (Å²) in [5, 5.41) is 0. The fraction of sp³-hybridized carbons (Fsp3) is 0.529. The van der Waals surface area contributed by atoms with Gasteiger partial charge in [0.25, 0.3) is 0 Å². The second-order valence-electron chi connectivity index (χ2n) is 4.78. The van der Waals surface area contributed by atoms with Crippen LogP contribution in [-0.4, -0.2) is 6.61 Å². The Bertz CT molecular complexity index is 327. The summed E-state index contributed by atoms with van der Waals surface area (Å²) in [5.41, 5.74) is 1.21. The average Bonchev–Trinajstić information content (AvgIpc) is 2.39. The molecular formula is C17H26O. The second kappa shape index (κ2) is 9.76.